The van der Waals surface area contributed by atoms with Crippen molar-refractivity contribution in [3.8, 4) is 0 Å². The average molecular weight is 1010 g/mol. The molecule has 3 saturated heterocycles. The molecule has 5 rings (SSSR count). The first-order valence-corrected chi connectivity index (χ1v) is 26.0. The maximum atomic E-state index is 13.5. The Bertz CT molecular complexity index is 1850. The lowest BCUT2D eigenvalue weighted by Gasteiger charge is -2.50. The van der Waals surface area contributed by atoms with Gasteiger partial charge in [-0.3, -0.25) is 0 Å². The Labute approximate surface area is 420 Å². The van der Waals surface area contributed by atoms with Crippen LogP contribution in [0.3, 0.4) is 0 Å². The van der Waals surface area contributed by atoms with Crippen LogP contribution in [0.25, 0.3) is 0 Å². The molecule has 25 atom stereocenters. The van der Waals surface area contributed by atoms with Crippen molar-refractivity contribution >= 4 is 11.9 Å². The van der Waals surface area contributed by atoms with Gasteiger partial charge in [0.1, 0.15) is 36.3 Å². The molecule has 0 radical (unpaired) electrons. The third kappa shape index (κ3) is 14.6. The van der Waals surface area contributed by atoms with Crippen molar-refractivity contribution in [1.82, 2.24) is 0 Å². The molecule has 0 saturated carbocycles. The highest BCUT2D eigenvalue weighted by Crippen LogP contribution is 2.43. The lowest BCUT2D eigenvalue weighted by Crippen LogP contribution is -2.59. The van der Waals surface area contributed by atoms with Crippen LogP contribution in [0, 0.1) is 47.3 Å². The number of carbonyl (C=O) groups excluding carboxylic acids is 2. The summed E-state index contributed by atoms with van der Waals surface area (Å²) in [6.07, 6.45) is 2.92. The molecular weight excluding hydrogens is 921 g/mol. The molecule has 5 aliphatic rings. The average Bonchev–Trinajstić information content (AvgIpc) is 3.31. The third-order valence-electron chi connectivity index (χ3n) is 15.9. The van der Waals surface area contributed by atoms with Gasteiger partial charge in [-0.1, -0.05) is 91.8 Å². The lowest BCUT2D eigenvalue weighted by atomic mass is 9.76. The summed E-state index contributed by atoms with van der Waals surface area (Å²) in [4.78, 5) is 27.0. The Balaban J connectivity index is 1.28. The largest absolute Gasteiger partial charge is 0.495 e. The van der Waals surface area contributed by atoms with Crippen LogP contribution < -0.4 is 0 Å². The topological polar surface area (TPSA) is 250 Å². The molecule has 5 heterocycles. The van der Waals surface area contributed by atoms with Crippen LogP contribution in [-0.2, 0) is 47.5 Å². The van der Waals surface area contributed by atoms with Gasteiger partial charge in [0.25, 0.3) is 0 Å². The Kier molecular flexibility index (Phi) is 21.5. The molecule has 3 fully saturated rings. The number of hydrogen-bond donors (Lipinski definition) is 7. The van der Waals surface area contributed by atoms with Gasteiger partial charge < -0.3 is 73.6 Å². The van der Waals surface area contributed by atoms with Crippen LogP contribution in [0.15, 0.2) is 60.4 Å². The smallest absolute Gasteiger partial charge is 0.331 e. The van der Waals surface area contributed by atoms with E-state index in [1.807, 2.05) is 54.5 Å². The predicted octanol–water partition coefficient (Wildman–Crippen LogP) is 4.92. The van der Waals surface area contributed by atoms with Gasteiger partial charge in [0.2, 0.25) is 0 Å². The van der Waals surface area contributed by atoms with Crippen LogP contribution in [-0.4, -0.2) is 152 Å². The van der Waals surface area contributed by atoms with Crippen LogP contribution >= 0.6 is 0 Å². The van der Waals surface area contributed by atoms with Crippen LogP contribution in [0.2, 0.25) is 0 Å². The van der Waals surface area contributed by atoms with E-state index < -0.39 is 145 Å². The zero-order valence-corrected chi connectivity index (χ0v) is 43.8. The van der Waals surface area contributed by atoms with E-state index in [0.717, 1.165) is 6.42 Å². The summed E-state index contributed by atoms with van der Waals surface area (Å²) in [5, 5.41) is 77.4. The second-order valence-electron chi connectivity index (χ2n) is 21.1. The first-order chi connectivity index (χ1) is 33.4. The molecule has 0 aliphatic carbocycles. The van der Waals surface area contributed by atoms with E-state index in [1.165, 1.54) is 24.3 Å². The molecular formula is C54H86O17. The lowest BCUT2D eigenvalue weighted by molar-refractivity contribution is -0.344. The molecule has 5 aliphatic heterocycles. The standard InChI is InChI=1S/C54H86O17/c1-13-37-33(9)64-41(25-42(37)67-46-23-39(55)50(61)35(11)65-46)29(5)48(59)30(6)52-27(3)19-15-17-22-45(58)70-53(28(4)20-16-18-21-44(57)69-52)31(7)49(60)32(8)54(63)26-43(38(14-2)34(10)71-54)68-47-24-40(56)51(62)36(12)66-47/h15-22,25,27-40,42-43,46-53,55-56,59-63H,13-14,23-24,26H2,1-12H3. The highest BCUT2D eigenvalue weighted by molar-refractivity contribution is 5.83. The summed E-state index contributed by atoms with van der Waals surface area (Å²) in [5.41, 5.74) is 0. The van der Waals surface area contributed by atoms with Gasteiger partial charge in [0, 0.05) is 78.8 Å². The van der Waals surface area contributed by atoms with Crippen molar-refractivity contribution in [2.75, 3.05) is 0 Å². The van der Waals surface area contributed by atoms with Gasteiger partial charge in [-0.05, 0) is 46.6 Å². The first-order valence-electron chi connectivity index (χ1n) is 26.0. The maximum Gasteiger partial charge on any atom is 0.331 e. The Hall–Kier alpha value is -3.04. The van der Waals surface area contributed by atoms with E-state index in [9.17, 15) is 45.3 Å². The molecule has 0 aromatic carbocycles. The summed E-state index contributed by atoms with van der Waals surface area (Å²) in [6, 6.07) is 0. The molecule has 0 aromatic rings. The van der Waals surface area contributed by atoms with Crippen molar-refractivity contribution < 1.29 is 83.2 Å². The van der Waals surface area contributed by atoms with Crippen molar-refractivity contribution in [3.63, 3.8) is 0 Å². The number of hydrogen-bond acceptors (Lipinski definition) is 17. The number of cyclic esters (lactones) is 2. The van der Waals surface area contributed by atoms with Gasteiger partial charge in [0.05, 0.1) is 54.9 Å². The number of esters is 2. The summed E-state index contributed by atoms with van der Waals surface area (Å²) in [5.74, 6) is -6.63. The molecule has 0 aromatic heterocycles. The minimum Gasteiger partial charge on any atom is -0.495 e. The summed E-state index contributed by atoms with van der Waals surface area (Å²) >= 11 is 0. The van der Waals surface area contributed by atoms with Crippen LogP contribution in [0.4, 0.5) is 0 Å². The van der Waals surface area contributed by atoms with Gasteiger partial charge in [-0.15, -0.1) is 0 Å². The van der Waals surface area contributed by atoms with E-state index in [4.69, 9.17) is 37.9 Å². The molecule has 17 nitrogen and oxygen atoms in total. The number of carbonyl (C=O) groups is 2. The van der Waals surface area contributed by atoms with E-state index >= 15 is 0 Å². The summed E-state index contributed by atoms with van der Waals surface area (Å²) in [7, 11) is 0. The van der Waals surface area contributed by atoms with Crippen molar-refractivity contribution in [3.05, 3.63) is 60.4 Å². The molecule has 0 amide bonds. The molecule has 25 unspecified atom stereocenters. The summed E-state index contributed by atoms with van der Waals surface area (Å²) in [6.45, 7) is 21.8. The molecule has 7 N–H and O–H groups in total. The number of aliphatic hydroxyl groups is 7. The fourth-order valence-electron chi connectivity index (χ4n) is 11.1. The SMILES string of the molecule is CCC1C(C)OC(C(C)C(O)C(C)C2OC(=O)C=CC=CC(C)C(C(C)C(O)C(C)C3(O)CC(OC4CC(O)C(O)C(C)O4)C(CC)C(C)O3)OC(=O)C=CC=CC2C)=CC1OC1CC(O)C(O)C(C)O1. The van der Waals surface area contributed by atoms with Gasteiger partial charge in [-0.25, -0.2) is 9.59 Å². The Morgan fingerprint density at radius 1 is 0.648 bits per heavy atom. The molecule has 71 heavy (non-hydrogen) atoms. The van der Waals surface area contributed by atoms with E-state index in [1.54, 1.807) is 58.9 Å². The number of aliphatic hydroxyl groups excluding tert-OH is 6. The monoisotopic (exact) mass is 1010 g/mol. The van der Waals surface area contributed by atoms with Gasteiger partial charge in [0.15, 0.2) is 18.4 Å². The Morgan fingerprint density at radius 2 is 1.13 bits per heavy atom. The zero-order chi connectivity index (χ0) is 52.6. The molecule has 17 heteroatoms. The molecule has 0 spiro atoms. The highest BCUT2D eigenvalue weighted by atomic mass is 16.7. The fraction of sp³-hybridized carbons (Fsp3) is 0.778. The van der Waals surface area contributed by atoms with Crippen molar-refractivity contribution in [2.45, 2.75) is 219 Å². The van der Waals surface area contributed by atoms with E-state index in [-0.39, 0.29) is 37.2 Å². The molecule has 404 valence electrons. The van der Waals surface area contributed by atoms with Crippen LogP contribution in [0.5, 0.6) is 0 Å². The fourth-order valence-corrected chi connectivity index (χ4v) is 11.1. The minimum absolute atomic E-state index is 0.0166. The van der Waals surface area contributed by atoms with E-state index in [2.05, 4.69) is 0 Å². The van der Waals surface area contributed by atoms with E-state index in [0.29, 0.717) is 12.2 Å². The quantitative estimate of drug-likeness (QED) is 0.114. The molecule has 0 bridgehead atoms. The predicted molar refractivity (Wildman–Crippen MR) is 261 cm³/mol. The van der Waals surface area contributed by atoms with Crippen molar-refractivity contribution in [2.24, 2.45) is 47.3 Å². The minimum atomic E-state index is -1.87. The normalized spacial score (nSPS) is 42.4. The van der Waals surface area contributed by atoms with Gasteiger partial charge in [-0.2, -0.15) is 0 Å². The Morgan fingerprint density at radius 3 is 1.61 bits per heavy atom. The second kappa shape index (κ2) is 25.9. The van der Waals surface area contributed by atoms with Crippen molar-refractivity contribution in [1.29, 1.82) is 0 Å². The number of allylic oxidation sites excluding steroid dienone is 4. The number of rotatable bonds is 14. The number of ether oxygens (including phenoxy) is 8. The first kappa shape index (κ1) is 58.8. The third-order valence-corrected chi connectivity index (χ3v) is 15.9. The van der Waals surface area contributed by atoms with Crippen LogP contribution in [0.1, 0.15) is 115 Å². The second-order valence-corrected chi connectivity index (χ2v) is 21.1. The zero-order valence-electron chi connectivity index (χ0n) is 43.8. The highest BCUT2D eigenvalue weighted by Gasteiger charge is 2.52. The van der Waals surface area contributed by atoms with Gasteiger partial charge >= 0.3 is 11.9 Å². The maximum absolute atomic E-state index is 13.5. The summed E-state index contributed by atoms with van der Waals surface area (Å²) < 4.78 is 49.3.